The summed E-state index contributed by atoms with van der Waals surface area (Å²) in [7, 11) is 0.127. The van der Waals surface area contributed by atoms with Crippen LogP contribution in [0.25, 0.3) is 0 Å². The summed E-state index contributed by atoms with van der Waals surface area (Å²) in [5.41, 5.74) is 1.33. The summed E-state index contributed by atoms with van der Waals surface area (Å²) < 4.78 is 29.1. The van der Waals surface area contributed by atoms with E-state index in [1.807, 2.05) is 31.1 Å². The lowest BCUT2D eigenvalue weighted by atomic mass is 10.2. The first kappa shape index (κ1) is 15.8. The van der Waals surface area contributed by atoms with Crippen molar-refractivity contribution in [1.29, 1.82) is 0 Å². The topological polar surface area (TPSA) is 49.4 Å². The fourth-order valence-electron chi connectivity index (χ4n) is 1.64. The molecule has 8 heteroatoms. The zero-order chi connectivity index (χ0) is 14.9. The SMILES string of the molecule is CN(C)c1ccc(Br)cc1NS(=O)(=O)c1sccc1Br. The molecule has 1 N–H and O–H groups in total. The number of sulfonamides is 1. The second kappa shape index (κ2) is 6.05. The molecule has 1 heterocycles. The van der Waals surface area contributed by atoms with Gasteiger partial charge >= 0.3 is 0 Å². The van der Waals surface area contributed by atoms with Gasteiger partial charge in [-0.25, -0.2) is 8.42 Å². The number of benzene rings is 1. The van der Waals surface area contributed by atoms with Gasteiger partial charge in [-0.05, 0) is 45.6 Å². The van der Waals surface area contributed by atoms with Crippen LogP contribution in [0, 0.1) is 0 Å². The number of thiophene rings is 1. The minimum Gasteiger partial charge on any atom is -0.376 e. The Morgan fingerprint density at radius 2 is 1.90 bits per heavy atom. The Bertz CT molecular complexity index is 727. The maximum absolute atomic E-state index is 12.4. The predicted molar refractivity (Wildman–Crippen MR) is 91.3 cm³/mol. The Labute approximate surface area is 139 Å². The van der Waals surface area contributed by atoms with Crippen LogP contribution >= 0.6 is 43.2 Å². The average molecular weight is 440 g/mol. The van der Waals surface area contributed by atoms with Crippen LogP contribution in [0.4, 0.5) is 11.4 Å². The minimum absolute atomic E-state index is 0.266. The smallest absolute Gasteiger partial charge is 0.272 e. The van der Waals surface area contributed by atoms with Crippen LogP contribution in [0.1, 0.15) is 0 Å². The average Bonchev–Trinajstić information content (AvgIpc) is 2.75. The number of hydrogen-bond acceptors (Lipinski definition) is 4. The summed E-state index contributed by atoms with van der Waals surface area (Å²) in [6, 6.07) is 7.18. The summed E-state index contributed by atoms with van der Waals surface area (Å²) in [5.74, 6) is 0. The molecule has 0 unspecified atom stereocenters. The third-order valence-electron chi connectivity index (χ3n) is 2.51. The second-order valence-corrected chi connectivity index (χ2v) is 8.78. The van der Waals surface area contributed by atoms with E-state index in [2.05, 4.69) is 36.6 Å². The van der Waals surface area contributed by atoms with Crippen molar-refractivity contribution < 1.29 is 8.42 Å². The van der Waals surface area contributed by atoms with Gasteiger partial charge in [0.2, 0.25) is 0 Å². The lowest BCUT2D eigenvalue weighted by Crippen LogP contribution is -2.16. The Balaban J connectivity index is 2.44. The molecule has 0 amide bonds. The summed E-state index contributed by atoms with van der Waals surface area (Å²) >= 11 is 7.78. The van der Waals surface area contributed by atoms with E-state index in [4.69, 9.17) is 0 Å². The van der Waals surface area contributed by atoms with Gasteiger partial charge in [0.15, 0.2) is 4.21 Å². The van der Waals surface area contributed by atoms with Gasteiger partial charge in [-0.2, -0.15) is 0 Å². The molecule has 0 fully saturated rings. The maximum Gasteiger partial charge on any atom is 0.272 e. The van der Waals surface area contributed by atoms with Crippen molar-refractivity contribution in [2.75, 3.05) is 23.7 Å². The maximum atomic E-state index is 12.4. The normalized spacial score (nSPS) is 11.4. The summed E-state index contributed by atoms with van der Waals surface area (Å²) in [6.07, 6.45) is 0. The fraction of sp³-hybridized carbons (Fsp3) is 0.167. The second-order valence-electron chi connectivity index (χ2n) is 4.22. The van der Waals surface area contributed by atoms with Crippen LogP contribution in [0.15, 0.2) is 42.8 Å². The molecule has 20 heavy (non-hydrogen) atoms. The molecule has 108 valence electrons. The monoisotopic (exact) mass is 438 g/mol. The van der Waals surface area contributed by atoms with Crippen LogP contribution in [0.3, 0.4) is 0 Å². The van der Waals surface area contributed by atoms with Crippen molar-refractivity contribution in [3.05, 3.63) is 38.6 Å². The van der Waals surface area contributed by atoms with Crippen molar-refractivity contribution >= 4 is 64.6 Å². The van der Waals surface area contributed by atoms with E-state index in [1.165, 1.54) is 11.3 Å². The lowest BCUT2D eigenvalue weighted by molar-refractivity contribution is 0.603. The Hall–Kier alpha value is -0.570. The molecule has 2 aromatic rings. The highest BCUT2D eigenvalue weighted by atomic mass is 79.9. The highest BCUT2D eigenvalue weighted by molar-refractivity contribution is 9.10. The molecule has 0 saturated carbocycles. The van der Waals surface area contributed by atoms with Gasteiger partial charge in [0, 0.05) is 23.0 Å². The minimum atomic E-state index is -3.60. The first-order valence-electron chi connectivity index (χ1n) is 5.54. The van der Waals surface area contributed by atoms with Crippen LogP contribution < -0.4 is 9.62 Å². The van der Waals surface area contributed by atoms with Gasteiger partial charge < -0.3 is 4.90 Å². The number of nitrogens with zero attached hydrogens (tertiary/aromatic N) is 1. The zero-order valence-electron chi connectivity index (χ0n) is 10.7. The molecule has 0 aliphatic heterocycles. The molecule has 0 aliphatic rings. The van der Waals surface area contributed by atoms with Gasteiger partial charge in [0.1, 0.15) is 0 Å². The first-order chi connectivity index (χ1) is 9.31. The predicted octanol–water partition coefficient (Wildman–Crippen LogP) is 4.14. The third-order valence-corrected chi connectivity index (χ3v) is 7.04. The molecule has 1 aromatic carbocycles. The first-order valence-corrected chi connectivity index (χ1v) is 9.49. The van der Waals surface area contributed by atoms with E-state index < -0.39 is 10.0 Å². The van der Waals surface area contributed by atoms with E-state index in [1.54, 1.807) is 17.5 Å². The Kier molecular flexibility index (Phi) is 4.78. The van der Waals surface area contributed by atoms with Gasteiger partial charge in [0.25, 0.3) is 10.0 Å². The van der Waals surface area contributed by atoms with E-state index in [0.717, 1.165) is 10.2 Å². The standard InChI is InChI=1S/C12H12Br2N2O2S2/c1-16(2)11-4-3-8(13)7-10(11)15-20(17,18)12-9(14)5-6-19-12/h3-7,15H,1-2H3. The Morgan fingerprint density at radius 1 is 1.20 bits per heavy atom. The van der Waals surface area contributed by atoms with Crippen molar-refractivity contribution in [3.8, 4) is 0 Å². The van der Waals surface area contributed by atoms with Crippen LogP contribution in [0.5, 0.6) is 0 Å². The molecule has 0 radical (unpaired) electrons. The van der Waals surface area contributed by atoms with Gasteiger partial charge in [-0.1, -0.05) is 15.9 Å². The lowest BCUT2D eigenvalue weighted by Gasteiger charge is -2.18. The molecule has 0 aliphatic carbocycles. The third kappa shape index (κ3) is 3.36. The van der Waals surface area contributed by atoms with Crippen molar-refractivity contribution in [2.24, 2.45) is 0 Å². The molecule has 0 bridgehead atoms. The highest BCUT2D eigenvalue weighted by Gasteiger charge is 2.21. The summed E-state index contributed by atoms with van der Waals surface area (Å²) in [6.45, 7) is 0. The molecular weight excluding hydrogens is 428 g/mol. The van der Waals surface area contributed by atoms with Gasteiger partial charge in [-0.3, -0.25) is 4.72 Å². The molecular formula is C12H12Br2N2O2S2. The largest absolute Gasteiger partial charge is 0.376 e. The molecule has 4 nitrogen and oxygen atoms in total. The zero-order valence-corrected chi connectivity index (χ0v) is 15.5. The van der Waals surface area contributed by atoms with Crippen LogP contribution in [0.2, 0.25) is 0 Å². The Morgan fingerprint density at radius 3 is 2.45 bits per heavy atom. The van der Waals surface area contributed by atoms with E-state index in [-0.39, 0.29) is 4.21 Å². The van der Waals surface area contributed by atoms with E-state index in [0.29, 0.717) is 10.2 Å². The van der Waals surface area contributed by atoms with Crippen molar-refractivity contribution in [2.45, 2.75) is 4.21 Å². The number of rotatable bonds is 4. The van der Waals surface area contributed by atoms with Gasteiger partial charge in [0.05, 0.1) is 11.4 Å². The van der Waals surface area contributed by atoms with E-state index in [9.17, 15) is 8.42 Å². The summed E-state index contributed by atoms with van der Waals surface area (Å²) in [5, 5.41) is 1.73. The number of hydrogen-bond donors (Lipinski definition) is 1. The fourth-order valence-corrected chi connectivity index (χ4v) is 5.41. The van der Waals surface area contributed by atoms with E-state index >= 15 is 0 Å². The van der Waals surface area contributed by atoms with Crippen LogP contribution in [-0.2, 0) is 10.0 Å². The molecule has 0 atom stereocenters. The molecule has 0 saturated heterocycles. The number of halogens is 2. The quantitative estimate of drug-likeness (QED) is 0.778. The summed E-state index contributed by atoms with van der Waals surface area (Å²) in [4.78, 5) is 1.85. The van der Waals surface area contributed by atoms with Crippen molar-refractivity contribution in [1.82, 2.24) is 0 Å². The van der Waals surface area contributed by atoms with Crippen LogP contribution in [-0.4, -0.2) is 22.5 Å². The molecule has 2 rings (SSSR count). The van der Waals surface area contributed by atoms with Gasteiger partial charge in [-0.15, -0.1) is 11.3 Å². The number of nitrogens with one attached hydrogen (secondary N) is 1. The molecule has 1 aromatic heterocycles. The van der Waals surface area contributed by atoms with Crippen molar-refractivity contribution in [3.63, 3.8) is 0 Å². The number of anilines is 2. The molecule has 0 spiro atoms. The highest BCUT2D eigenvalue weighted by Crippen LogP contribution is 2.33.